The molecule has 1 aromatic carbocycles. The fourth-order valence-electron chi connectivity index (χ4n) is 2.84. The first-order chi connectivity index (χ1) is 13.4. The van der Waals surface area contributed by atoms with E-state index in [4.69, 9.17) is 9.47 Å². The quantitative estimate of drug-likeness (QED) is 0.452. The topological polar surface area (TPSA) is 82.1 Å². The Kier molecular flexibility index (Phi) is 7.34. The Morgan fingerprint density at radius 1 is 1.21 bits per heavy atom. The van der Waals surface area contributed by atoms with Crippen molar-refractivity contribution in [3.8, 4) is 0 Å². The van der Waals surface area contributed by atoms with E-state index >= 15 is 0 Å². The average Bonchev–Trinajstić information content (AvgIpc) is 3.02. The van der Waals surface area contributed by atoms with Crippen LogP contribution in [0, 0.1) is 0 Å². The Hall–Kier alpha value is -2.07. The van der Waals surface area contributed by atoms with Crippen molar-refractivity contribution in [3.05, 3.63) is 34.3 Å². The summed E-state index contributed by atoms with van der Waals surface area (Å²) in [4.78, 5) is 38.1. The van der Waals surface area contributed by atoms with Crippen LogP contribution in [0.4, 0.5) is 13.6 Å². The molecule has 0 aromatic heterocycles. The van der Waals surface area contributed by atoms with E-state index in [1.165, 1.54) is 12.1 Å². The minimum absolute atomic E-state index is 0.0304. The summed E-state index contributed by atoms with van der Waals surface area (Å²) in [6.45, 7) is 0.755. The fourth-order valence-corrected chi connectivity index (χ4v) is 3.11. The van der Waals surface area contributed by atoms with Crippen LogP contribution in [0.2, 0.25) is 0 Å². The van der Waals surface area contributed by atoms with E-state index in [9.17, 15) is 23.2 Å². The zero-order chi connectivity index (χ0) is 21.8. The first-order valence-electron chi connectivity index (χ1n) is 8.87. The molecule has 160 valence electrons. The van der Waals surface area contributed by atoms with Gasteiger partial charge in [0.2, 0.25) is 0 Å². The van der Waals surface area contributed by atoms with Gasteiger partial charge >= 0.3 is 18.7 Å². The summed E-state index contributed by atoms with van der Waals surface area (Å²) in [7, 11) is 0. The van der Waals surface area contributed by atoms with Crippen molar-refractivity contribution in [1.82, 2.24) is 4.90 Å². The predicted octanol–water partition coefficient (Wildman–Crippen LogP) is 4.14. The van der Waals surface area contributed by atoms with E-state index < -0.39 is 42.4 Å². The maximum atomic E-state index is 13.1. The average molecular weight is 478 g/mol. The number of likely N-dealkylation sites (tertiary alicyclic amines) is 1. The van der Waals surface area contributed by atoms with Gasteiger partial charge in [0, 0.05) is 23.0 Å². The molecule has 29 heavy (non-hydrogen) atoms. The molecule has 0 radical (unpaired) electrons. The highest BCUT2D eigenvalue weighted by Crippen LogP contribution is 2.35. The highest BCUT2D eigenvalue weighted by Gasteiger charge is 2.55. The second-order valence-electron chi connectivity index (χ2n) is 7.40. The molecule has 0 bridgehead atoms. The van der Waals surface area contributed by atoms with Crippen LogP contribution in [0.25, 0.3) is 0 Å². The van der Waals surface area contributed by atoms with Crippen LogP contribution in [0.1, 0.15) is 44.0 Å². The van der Waals surface area contributed by atoms with Gasteiger partial charge in [0.25, 0.3) is 5.72 Å². The standard InChI is InChI=1S/C19H22BrF2NO6/c1-18(2,3)29-17(26)23-10-4-9-19(23,28-16(21)22)15(25)27-11-14(24)12-5-7-13(20)8-6-12/h5-8,16H,4,9-11H2,1-3H3. The van der Waals surface area contributed by atoms with Gasteiger partial charge in [-0.05, 0) is 39.3 Å². The molecule has 0 spiro atoms. The molecule has 1 saturated heterocycles. The number of Topliss-reactive ketones (excluding diaryl/α,β-unsaturated/α-hetero) is 1. The molecule has 1 heterocycles. The Bertz CT molecular complexity index is 765. The van der Waals surface area contributed by atoms with Crippen molar-refractivity contribution in [1.29, 1.82) is 0 Å². The van der Waals surface area contributed by atoms with Gasteiger partial charge in [-0.3, -0.25) is 14.4 Å². The summed E-state index contributed by atoms with van der Waals surface area (Å²) >= 11 is 3.24. The molecular weight excluding hydrogens is 456 g/mol. The number of alkyl halides is 2. The number of hydrogen-bond acceptors (Lipinski definition) is 6. The molecule has 1 fully saturated rings. The third-order valence-corrected chi connectivity index (χ3v) is 4.58. The highest BCUT2D eigenvalue weighted by atomic mass is 79.9. The number of ketones is 1. The summed E-state index contributed by atoms with van der Waals surface area (Å²) in [6, 6.07) is 6.32. The van der Waals surface area contributed by atoms with Crippen molar-refractivity contribution < 1.29 is 37.4 Å². The molecule has 0 N–H and O–H groups in total. The number of nitrogens with zero attached hydrogens (tertiary/aromatic N) is 1. The molecule has 1 amide bonds. The lowest BCUT2D eigenvalue weighted by atomic mass is 10.1. The van der Waals surface area contributed by atoms with Crippen molar-refractivity contribution in [3.63, 3.8) is 0 Å². The summed E-state index contributed by atoms with van der Waals surface area (Å²) in [5.74, 6) is -1.77. The number of rotatable bonds is 6. The zero-order valence-corrected chi connectivity index (χ0v) is 17.8. The van der Waals surface area contributed by atoms with Crippen molar-refractivity contribution in [2.45, 2.75) is 51.6 Å². The third-order valence-electron chi connectivity index (χ3n) is 4.05. The Morgan fingerprint density at radius 2 is 1.83 bits per heavy atom. The monoisotopic (exact) mass is 477 g/mol. The van der Waals surface area contributed by atoms with Crippen molar-refractivity contribution in [2.75, 3.05) is 13.2 Å². The van der Waals surface area contributed by atoms with Gasteiger partial charge < -0.3 is 9.47 Å². The van der Waals surface area contributed by atoms with Gasteiger partial charge in [0.15, 0.2) is 12.4 Å². The Balaban J connectivity index is 2.17. The first-order valence-corrected chi connectivity index (χ1v) is 9.66. The normalized spacial score (nSPS) is 19.3. The maximum absolute atomic E-state index is 13.1. The number of esters is 1. The molecule has 0 aliphatic carbocycles. The SMILES string of the molecule is CC(C)(C)OC(=O)N1CCCC1(OC(F)F)C(=O)OCC(=O)c1ccc(Br)cc1. The van der Waals surface area contributed by atoms with E-state index in [2.05, 4.69) is 20.7 Å². The van der Waals surface area contributed by atoms with E-state index in [0.717, 1.165) is 9.37 Å². The number of halogens is 3. The summed E-state index contributed by atoms with van der Waals surface area (Å²) in [5, 5.41) is 0. The third kappa shape index (κ3) is 5.96. The minimum Gasteiger partial charge on any atom is -0.454 e. The van der Waals surface area contributed by atoms with Crippen LogP contribution in [0.3, 0.4) is 0 Å². The molecule has 1 aliphatic heterocycles. The molecule has 10 heteroatoms. The lowest BCUT2D eigenvalue weighted by Gasteiger charge is -2.36. The fraction of sp³-hybridized carbons (Fsp3) is 0.526. The number of carbonyl (C=O) groups excluding carboxylic acids is 3. The first kappa shape index (κ1) is 23.2. The van der Waals surface area contributed by atoms with Gasteiger partial charge in [-0.1, -0.05) is 28.1 Å². The Morgan fingerprint density at radius 3 is 2.38 bits per heavy atom. The smallest absolute Gasteiger partial charge is 0.413 e. The molecule has 7 nitrogen and oxygen atoms in total. The van der Waals surface area contributed by atoms with Gasteiger partial charge in [-0.25, -0.2) is 9.59 Å². The van der Waals surface area contributed by atoms with Crippen molar-refractivity contribution >= 4 is 33.8 Å². The second-order valence-corrected chi connectivity index (χ2v) is 8.32. The van der Waals surface area contributed by atoms with Gasteiger partial charge in [-0.15, -0.1) is 0 Å². The van der Waals surface area contributed by atoms with E-state index in [1.807, 2.05) is 0 Å². The number of hydrogen-bond donors (Lipinski definition) is 0. The van der Waals surface area contributed by atoms with Crippen LogP contribution in [-0.4, -0.2) is 53.8 Å². The van der Waals surface area contributed by atoms with Crippen LogP contribution >= 0.6 is 15.9 Å². The van der Waals surface area contributed by atoms with E-state index in [-0.39, 0.29) is 24.9 Å². The van der Waals surface area contributed by atoms with Gasteiger partial charge in [-0.2, -0.15) is 8.78 Å². The van der Waals surface area contributed by atoms with Crippen molar-refractivity contribution in [2.24, 2.45) is 0 Å². The summed E-state index contributed by atoms with van der Waals surface area (Å²) in [5.41, 5.74) is -2.98. The number of ether oxygens (including phenoxy) is 3. The Labute approximate surface area is 175 Å². The minimum atomic E-state index is -3.34. The molecule has 1 aromatic rings. The van der Waals surface area contributed by atoms with E-state index in [1.54, 1.807) is 32.9 Å². The summed E-state index contributed by atoms with van der Waals surface area (Å²) < 4.78 is 41.7. The predicted molar refractivity (Wildman–Crippen MR) is 101 cm³/mol. The summed E-state index contributed by atoms with van der Waals surface area (Å²) in [6.07, 6.45) is -0.962. The molecule has 1 atom stereocenters. The van der Waals surface area contributed by atoms with Crippen LogP contribution in [0.15, 0.2) is 28.7 Å². The van der Waals surface area contributed by atoms with E-state index in [0.29, 0.717) is 0 Å². The van der Waals surface area contributed by atoms with Crippen LogP contribution in [0.5, 0.6) is 0 Å². The highest BCUT2D eigenvalue weighted by molar-refractivity contribution is 9.10. The number of carbonyl (C=O) groups is 3. The molecular formula is C19H22BrF2NO6. The maximum Gasteiger partial charge on any atom is 0.413 e. The largest absolute Gasteiger partial charge is 0.454 e. The number of benzene rings is 1. The van der Waals surface area contributed by atoms with Crippen LogP contribution in [-0.2, 0) is 19.0 Å². The molecule has 1 unspecified atom stereocenters. The lowest BCUT2D eigenvalue weighted by molar-refractivity contribution is -0.252. The number of amides is 1. The molecule has 0 saturated carbocycles. The van der Waals surface area contributed by atoms with Gasteiger partial charge in [0.1, 0.15) is 5.60 Å². The lowest BCUT2D eigenvalue weighted by Crippen LogP contribution is -2.57. The molecule has 1 aliphatic rings. The zero-order valence-electron chi connectivity index (χ0n) is 16.2. The molecule has 2 rings (SSSR count). The van der Waals surface area contributed by atoms with Crippen LogP contribution < -0.4 is 0 Å². The second kappa shape index (κ2) is 9.17. The van der Waals surface area contributed by atoms with Gasteiger partial charge in [0.05, 0.1) is 0 Å².